The third kappa shape index (κ3) is 2.08. The first-order valence-electron chi connectivity index (χ1n) is 4.66. The van der Waals surface area contributed by atoms with Crippen molar-refractivity contribution in [3.8, 4) is 11.6 Å². The Balaban J connectivity index is 2.34. The molecule has 0 aliphatic heterocycles. The SMILES string of the molecule is Cc1ccc(F)cc1Oc1ncncc1N. The van der Waals surface area contributed by atoms with Crippen LogP contribution in [0.25, 0.3) is 0 Å². The third-order valence-electron chi connectivity index (χ3n) is 2.06. The number of hydrogen-bond acceptors (Lipinski definition) is 4. The van der Waals surface area contributed by atoms with Gasteiger partial charge in [0.25, 0.3) is 0 Å². The van der Waals surface area contributed by atoms with Gasteiger partial charge in [-0.25, -0.2) is 9.37 Å². The third-order valence-corrected chi connectivity index (χ3v) is 2.06. The van der Waals surface area contributed by atoms with Crippen molar-refractivity contribution in [3.05, 3.63) is 42.1 Å². The largest absolute Gasteiger partial charge is 0.437 e. The molecule has 1 heterocycles. The second-order valence-electron chi connectivity index (χ2n) is 3.30. The molecule has 0 atom stereocenters. The van der Waals surface area contributed by atoms with Crippen molar-refractivity contribution >= 4 is 5.69 Å². The molecule has 0 amide bonds. The molecule has 82 valence electrons. The molecule has 0 aliphatic rings. The predicted molar refractivity (Wildman–Crippen MR) is 57.7 cm³/mol. The summed E-state index contributed by atoms with van der Waals surface area (Å²) in [6.07, 6.45) is 2.75. The summed E-state index contributed by atoms with van der Waals surface area (Å²) in [6.45, 7) is 1.81. The monoisotopic (exact) mass is 219 g/mol. The number of aromatic nitrogens is 2. The van der Waals surface area contributed by atoms with Gasteiger partial charge >= 0.3 is 0 Å². The van der Waals surface area contributed by atoms with E-state index in [1.54, 1.807) is 6.07 Å². The summed E-state index contributed by atoms with van der Waals surface area (Å²) in [5.74, 6) is 0.252. The highest BCUT2D eigenvalue weighted by Gasteiger charge is 2.06. The molecular formula is C11H10FN3O. The van der Waals surface area contributed by atoms with Crippen molar-refractivity contribution in [2.24, 2.45) is 0 Å². The lowest BCUT2D eigenvalue weighted by Crippen LogP contribution is -1.97. The Labute approximate surface area is 91.9 Å². The fourth-order valence-corrected chi connectivity index (χ4v) is 1.20. The van der Waals surface area contributed by atoms with Gasteiger partial charge in [0.1, 0.15) is 23.6 Å². The van der Waals surface area contributed by atoms with Crippen LogP contribution in [0.4, 0.5) is 10.1 Å². The molecule has 5 heteroatoms. The van der Waals surface area contributed by atoms with E-state index in [0.29, 0.717) is 11.4 Å². The summed E-state index contributed by atoms with van der Waals surface area (Å²) in [5.41, 5.74) is 6.73. The first kappa shape index (κ1) is 10.4. The van der Waals surface area contributed by atoms with Gasteiger partial charge in [-0.2, -0.15) is 4.98 Å². The highest BCUT2D eigenvalue weighted by atomic mass is 19.1. The summed E-state index contributed by atoms with van der Waals surface area (Å²) in [7, 11) is 0. The van der Waals surface area contributed by atoms with Crippen molar-refractivity contribution < 1.29 is 9.13 Å². The maximum absolute atomic E-state index is 13.0. The van der Waals surface area contributed by atoms with Crippen LogP contribution in [0.1, 0.15) is 5.56 Å². The number of hydrogen-bond donors (Lipinski definition) is 1. The zero-order chi connectivity index (χ0) is 11.5. The van der Waals surface area contributed by atoms with Crippen LogP contribution in [-0.4, -0.2) is 9.97 Å². The zero-order valence-electron chi connectivity index (χ0n) is 8.64. The van der Waals surface area contributed by atoms with E-state index in [2.05, 4.69) is 9.97 Å². The minimum absolute atomic E-state index is 0.226. The molecule has 1 aromatic carbocycles. The summed E-state index contributed by atoms with van der Waals surface area (Å²) >= 11 is 0. The number of benzene rings is 1. The lowest BCUT2D eigenvalue weighted by Gasteiger charge is -2.08. The summed E-state index contributed by atoms with van der Waals surface area (Å²) < 4.78 is 18.4. The molecule has 0 fully saturated rings. The molecule has 4 nitrogen and oxygen atoms in total. The average Bonchev–Trinajstić information content (AvgIpc) is 2.27. The van der Waals surface area contributed by atoms with Gasteiger partial charge in [-0.1, -0.05) is 6.07 Å². The Morgan fingerprint density at radius 3 is 2.94 bits per heavy atom. The van der Waals surface area contributed by atoms with Crippen LogP contribution in [0.5, 0.6) is 11.6 Å². The van der Waals surface area contributed by atoms with Crippen molar-refractivity contribution in [3.63, 3.8) is 0 Å². The first-order chi connectivity index (χ1) is 7.66. The average molecular weight is 219 g/mol. The van der Waals surface area contributed by atoms with E-state index in [9.17, 15) is 4.39 Å². The molecule has 2 N–H and O–H groups in total. The number of nitrogens with zero attached hydrogens (tertiary/aromatic N) is 2. The quantitative estimate of drug-likeness (QED) is 0.841. The first-order valence-corrected chi connectivity index (χ1v) is 4.66. The van der Waals surface area contributed by atoms with Crippen LogP contribution in [0.15, 0.2) is 30.7 Å². The number of nitrogen functional groups attached to an aromatic ring is 1. The van der Waals surface area contributed by atoms with E-state index in [4.69, 9.17) is 10.5 Å². The normalized spacial score (nSPS) is 10.1. The number of aryl methyl sites for hydroxylation is 1. The minimum atomic E-state index is -0.367. The Hall–Kier alpha value is -2.17. The van der Waals surface area contributed by atoms with E-state index in [0.717, 1.165) is 5.56 Å². The Morgan fingerprint density at radius 2 is 2.19 bits per heavy atom. The standard InChI is InChI=1S/C11H10FN3O/c1-7-2-3-8(12)4-10(7)16-11-9(13)5-14-6-15-11/h2-6H,13H2,1H3. The number of halogens is 1. The van der Waals surface area contributed by atoms with E-state index in [1.165, 1.54) is 24.7 Å². The maximum atomic E-state index is 13.0. The molecule has 0 saturated heterocycles. The fraction of sp³-hybridized carbons (Fsp3) is 0.0909. The number of anilines is 1. The smallest absolute Gasteiger partial charge is 0.245 e. The van der Waals surface area contributed by atoms with Gasteiger partial charge in [0.15, 0.2) is 0 Å². The zero-order valence-corrected chi connectivity index (χ0v) is 8.64. The summed E-state index contributed by atoms with van der Waals surface area (Å²) in [4.78, 5) is 7.60. The highest BCUT2D eigenvalue weighted by Crippen LogP contribution is 2.27. The fourth-order valence-electron chi connectivity index (χ4n) is 1.20. The van der Waals surface area contributed by atoms with Gasteiger partial charge in [-0.05, 0) is 18.6 Å². The van der Waals surface area contributed by atoms with Gasteiger partial charge < -0.3 is 10.5 Å². The number of ether oxygens (including phenoxy) is 1. The van der Waals surface area contributed by atoms with Crippen molar-refractivity contribution in [1.82, 2.24) is 9.97 Å². The van der Waals surface area contributed by atoms with E-state index < -0.39 is 0 Å². The molecule has 2 aromatic rings. The summed E-state index contributed by atoms with van der Waals surface area (Å²) in [6, 6.07) is 4.28. The van der Waals surface area contributed by atoms with Crippen LogP contribution in [0.3, 0.4) is 0 Å². The predicted octanol–water partition coefficient (Wildman–Crippen LogP) is 2.30. The molecule has 0 bridgehead atoms. The molecule has 2 rings (SSSR count). The van der Waals surface area contributed by atoms with E-state index in [-0.39, 0.29) is 11.7 Å². The molecule has 0 saturated carbocycles. The number of rotatable bonds is 2. The lowest BCUT2D eigenvalue weighted by molar-refractivity contribution is 0.456. The van der Waals surface area contributed by atoms with Crippen LogP contribution >= 0.6 is 0 Å². The van der Waals surface area contributed by atoms with E-state index >= 15 is 0 Å². The second kappa shape index (κ2) is 4.14. The van der Waals surface area contributed by atoms with Crippen LogP contribution < -0.4 is 10.5 Å². The molecule has 0 radical (unpaired) electrons. The maximum Gasteiger partial charge on any atom is 0.245 e. The van der Waals surface area contributed by atoms with Crippen molar-refractivity contribution in [2.45, 2.75) is 6.92 Å². The van der Waals surface area contributed by atoms with Crippen molar-refractivity contribution in [1.29, 1.82) is 0 Å². The van der Waals surface area contributed by atoms with Crippen molar-refractivity contribution in [2.75, 3.05) is 5.73 Å². The highest BCUT2D eigenvalue weighted by molar-refractivity contribution is 5.48. The van der Waals surface area contributed by atoms with Gasteiger partial charge in [-0.15, -0.1) is 0 Å². The van der Waals surface area contributed by atoms with Crippen LogP contribution in [0.2, 0.25) is 0 Å². The lowest BCUT2D eigenvalue weighted by atomic mass is 10.2. The Bertz CT molecular complexity index is 516. The van der Waals surface area contributed by atoms with Crippen LogP contribution in [0, 0.1) is 12.7 Å². The molecular weight excluding hydrogens is 209 g/mol. The molecule has 16 heavy (non-hydrogen) atoms. The second-order valence-corrected chi connectivity index (χ2v) is 3.30. The van der Waals surface area contributed by atoms with E-state index in [1.807, 2.05) is 6.92 Å². The molecule has 1 aromatic heterocycles. The molecule has 0 unspecified atom stereocenters. The van der Waals surface area contributed by atoms with Crippen LogP contribution in [-0.2, 0) is 0 Å². The minimum Gasteiger partial charge on any atom is -0.437 e. The molecule has 0 aliphatic carbocycles. The molecule has 0 spiro atoms. The Kier molecular flexibility index (Phi) is 2.68. The van der Waals surface area contributed by atoms with Gasteiger partial charge in [0, 0.05) is 6.07 Å². The topological polar surface area (TPSA) is 61.0 Å². The van der Waals surface area contributed by atoms with Gasteiger partial charge in [-0.3, -0.25) is 0 Å². The Morgan fingerprint density at radius 1 is 1.38 bits per heavy atom. The van der Waals surface area contributed by atoms with Gasteiger partial charge in [0.2, 0.25) is 5.88 Å². The van der Waals surface area contributed by atoms with Gasteiger partial charge in [0.05, 0.1) is 6.20 Å². The summed E-state index contributed by atoms with van der Waals surface area (Å²) in [5, 5.41) is 0. The number of nitrogens with two attached hydrogens (primary N) is 1.